The number of ether oxygens (including phenoxy) is 1. The first-order chi connectivity index (χ1) is 11.5. The first-order valence-corrected chi connectivity index (χ1v) is 11.3. The number of benzene rings is 1. The normalized spacial score (nSPS) is 13.4. The maximum Gasteiger partial charge on any atom is 0.275 e. The van der Waals surface area contributed by atoms with E-state index in [1.807, 2.05) is 0 Å². The SMILES string of the molecule is C=CC(O)c1cc(OCCCO[Si](C)(C)C(C)(C)C)ccc1[N+](=O)[O-]. The van der Waals surface area contributed by atoms with Crippen LogP contribution < -0.4 is 4.74 Å². The van der Waals surface area contributed by atoms with Gasteiger partial charge in [-0.2, -0.15) is 0 Å². The molecule has 0 aliphatic rings. The van der Waals surface area contributed by atoms with Gasteiger partial charge in [0.25, 0.3) is 5.69 Å². The number of aliphatic hydroxyl groups is 1. The molecule has 0 amide bonds. The smallest absolute Gasteiger partial charge is 0.275 e. The van der Waals surface area contributed by atoms with Gasteiger partial charge in [-0.25, -0.2) is 0 Å². The molecule has 0 radical (unpaired) electrons. The van der Waals surface area contributed by atoms with Crippen molar-refractivity contribution in [2.45, 2.75) is 51.4 Å². The van der Waals surface area contributed by atoms with Crippen molar-refractivity contribution in [3.63, 3.8) is 0 Å². The Bertz CT molecular complexity index is 610. The van der Waals surface area contributed by atoms with Crippen LogP contribution in [0.2, 0.25) is 18.1 Å². The van der Waals surface area contributed by atoms with Gasteiger partial charge in [-0.05, 0) is 30.3 Å². The van der Waals surface area contributed by atoms with Gasteiger partial charge >= 0.3 is 0 Å². The van der Waals surface area contributed by atoms with E-state index in [0.29, 0.717) is 19.0 Å². The molecule has 0 saturated carbocycles. The van der Waals surface area contributed by atoms with Crippen molar-refractivity contribution >= 4 is 14.0 Å². The van der Waals surface area contributed by atoms with Crippen LogP contribution in [0.5, 0.6) is 5.75 Å². The van der Waals surface area contributed by atoms with E-state index in [1.165, 1.54) is 24.3 Å². The van der Waals surface area contributed by atoms with Crippen LogP contribution in [0.1, 0.15) is 38.9 Å². The summed E-state index contributed by atoms with van der Waals surface area (Å²) in [6, 6.07) is 4.36. The Balaban J connectivity index is 2.61. The quantitative estimate of drug-likeness (QED) is 0.227. The summed E-state index contributed by atoms with van der Waals surface area (Å²) in [5, 5.41) is 21.1. The van der Waals surface area contributed by atoms with Gasteiger partial charge < -0.3 is 14.3 Å². The highest BCUT2D eigenvalue weighted by molar-refractivity contribution is 6.74. The summed E-state index contributed by atoms with van der Waals surface area (Å²) in [7, 11) is -1.76. The number of nitro groups is 1. The molecule has 1 atom stereocenters. The molecule has 0 heterocycles. The number of nitro benzene ring substituents is 1. The van der Waals surface area contributed by atoms with Gasteiger partial charge in [0.05, 0.1) is 17.1 Å². The minimum Gasteiger partial charge on any atom is -0.493 e. The monoisotopic (exact) mass is 367 g/mol. The predicted octanol–water partition coefficient (Wildman–Crippen LogP) is 4.60. The maximum atomic E-state index is 11.0. The van der Waals surface area contributed by atoms with Crippen LogP contribution in [0.15, 0.2) is 30.9 Å². The zero-order valence-electron chi connectivity index (χ0n) is 15.7. The summed E-state index contributed by atoms with van der Waals surface area (Å²) < 4.78 is 11.7. The van der Waals surface area contributed by atoms with Crippen molar-refractivity contribution in [2.24, 2.45) is 0 Å². The molecule has 0 fully saturated rings. The fourth-order valence-electron chi connectivity index (χ4n) is 1.95. The van der Waals surface area contributed by atoms with Gasteiger partial charge in [0.2, 0.25) is 0 Å². The van der Waals surface area contributed by atoms with E-state index in [4.69, 9.17) is 9.16 Å². The van der Waals surface area contributed by atoms with Gasteiger partial charge in [0, 0.05) is 19.1 Å². The van der Waals surface area contributed by atoms with Gasteiger partial charge in [-0.15, -0.1) is 6.58 Å². The van der Waals surface area contributed by atoms with Crippen LogP contribution >= 0.6 is 0 Å². The molecule has 0 bridgehead atoms. The van der Waals surface area contributed by atoms with E-state index in [9.17, 15) is 15.2 Å². The van der Waals surface area contributed by atoms with Crippen molar-refractivity contribution < 1.29 is 19.2 Å². The van der Waals surface area contributed by atoms with E-state index in [-0.39, 0.29) is 16.3 Å². The molecule has 0 aromatic heterocycles. The third-order valence-corrected chi connectivity index (χ3v) is 9.10. The highest BCUT2D eigenvalue weighted by Gasteiger charge is 2.36. The van der Waals surface area contributed by atoms with Gasteiger partial charge in [0.15, 0.2) is 8.32 Å². The predicted molar refractivity (Wildman–Crippen MR) is 102 cm³/mol. The zero-order valence-corrected chi connectivity index (χ0v) is 16.7. The average molecular weight is 368 g/mol. The molecule has 25 heavy (non-hydrogen) atoms. The topological polar surface area (TPSA) is 81.8 Å². The Morgan fingerprint density at radius 2 is 2.00 bits per heavy atom. The summed E-state index contributed by atoms with van der Waals surface area (Å²) in [5.74, 6) is 0.480. The van der Waals surface area contributed by atoms with Crippen LogP contribution in [0, 0.1) is 10.1 Å². The summed E-state index contributed by atoms with van der Waals surface area (Å²) >= 11 is 0. The fourth-order valence-corrected chi connectivity index (χ4v) is 3.03. The molecule has 140 valence electrons. The molecule has 1 aromatic carbocycles. The van der Waals surface area contributed by atoms with E-state index in [0.717, 1.165) is 6.42 Å². The second kappa shape index (κ2) is 8.60. The summed E-state index contributed by atoms with van der Waals surface area (Å²) in [6.45, 7) is 15.5. The lowest BCUT2D eigenvalue weighted by molar-refractivity contribution is -0.386. The van der Waals surface area contributed by atoms with E-state index < -0.39 is 19.3 Å². The Kier molecular flexibility index (Phi) is 7.34. The van der Waals surface area contributed by atoms with E-state index in [1.54, 1.807) is 0 Å². The second-order valence-electron chi connectivity index (χ2n) is 7.47. The van der Waals surface area contributed by atoms with Crippen LogP contribution in [0.25, 0.3) is 0 Å². The van der Waals surface area contributed by atoms with Crippen molar-refractivity contribution in [1.82, 2.24) is 0 Å². The molecule has 1 N–H and O–H groups in total. The summed E-state index contributed by atoms with van der Waals surface area (Å²) in [6.07, 6.45) is 0.869. The number of hydrogen-bond donors (Lipinski definition) is 1. The zero-order chi connectivity index (χ0) is 19.3. The van der Waals surface area contributed by atoms with Crippen molar-refractivity contribution in [2.75, 3.05) is 13.2 Å². The third kappa shape index (κ3) is 5.95. The standard InChI is InChI=1S/C18H29NO5Si/c1-7-17(20)15-13-14(9-10-16(15)19(21)22)23-11-8-12-24-25(5,6)18(2,3)4/h7,9-10,13,17,20H,1,8,11-12H2,2-6H3. The number of aliphatic hydroxyl groups excluding tert-OH is 1. The molecule has 1 rings (SSSR count). The fraction of sp³-hybridized carbons (Fsp3) is 0.556. The lowest BCUT2D eigenvalue weighted by Gasteiger charge is -2.36. The molecular weight excluding hydrogens is 338 g/mol. The van der Waals surface area contributed by atoms with E-state index >= 15 is 0 Å². The Hall–Kier alpha value is -1.70. The van der Waals surface area contributed by atoms with E-state index in [2.05, 4.69) is 40.4 Å². The molecule has 0 spiro atoms. The highest BCUT2D eigenvalue weighted by Crippen LogP contribution is 2.36. The lowest BCUT2D eigenvalue weighted by atomic mass is 10.1. The van der Waals surface area contributed by atoms with Gasteiger partial charge in [-0.1, -0.05) is 26.8 Å². The Morgan fingerprint density at radius 3 is 2.52 bits per heavy atom. The van der Waals surface area contributed by atoms with Crippen LogP contribution in [-0.2, 0) is 4.43 Å². The van der Waals surface area contributed by atoms with Gasteiger partial charge in [0.1, 0.15) is 11.9 Å². The first kappa shape index (κ1) is 21.3. The van der Waals surface area contributed by atoms with Gasteiger partial charge in [-0.3, -0.25) is 10.1 Å². The minimum absolute atomic E-state index is 0.152. The number of nitrogens with zero attached hydrogens (tertiary/aromatic N) is 1. The summed E-state index contributed by atoms with van der Waals surface area (Å²) in [4.78, 5) is 10.5. The molecule has 0 saturated heterocycles. The number of hydrogen-bond acceptors (Lipinski definition) is 5. The van der Waals surface area contributed by atoms with Crippen molar-refractivity contribution in [3.05, 3.63) is 46.5 Å². The van der Waals surface area contributed by atoms with Crippen LogP contribution in [0.3, 0.4) is 0 Å². The molecule has 1 aromatic rings. The third-order valence-electron chi connectivity index (χ3n) is 4.56. The molecule has 7 heteroatoms. The minimum atomic E-state index is -1.76. The van der Waals surface area contributed by atoms with Crippen molar-refractivity contribution in [1.29, 1.82) is 0 Å². The number of rotatable bonds is 9. The molecule has 6 nitrogen and oxygen atoms in total. The Morgan fingerprint density at radius 1 is 1.36 bits per heavy atom. The lowest BCUT2D eigenvalue weighted by Crippen LogP contribution is -2.41. The van der Waals surface area contributed by atoms with Crippen molar-refractivity contribution in [3.8, 4) is 5.75 Å². The highest BCUT2D eigenvalue weighted by atomic mass is 28.4. The molecule has 0 aliphatic carbocycles. The second-order valence-corrected chi connectivity index (χ2v) is 12.3. The summed E-state index contributed by atoms with van der Waals surface area (Å²) in [5.41, 5.74) is 0.0241. The van der Waals surface area contributed by atoms with Crippen LogP contribution in [0.4, 0.5) is 5.69 Å². The average Bonchev–Trinajstić information content (AvgIpc) is 2.52. The van der Waals surface area contributed by atoms with Crippen LogP contribution in [-0.4, -0.2) is 31.6 Å². The first-order valence-electron chi connectivity index (χ1n) is 8.35. The molecule has 1 unspecified atom stereocenters. The molecule has 0 aliphatic heterocycles. The maximum absolute atomic E-state index is 11.0. The largest absolute Gasteiger partial charge is 0.493 e. The Labute approximate surface area is 150 Å². The molecular formula is C18H29NO5Si.